The Morgan fingerprint density at radius 2 is 1.67 bits per heavy atom. The SMILES string of the molecule is O=C(O[C@@H](C(=O)Nc1cc(Cl)cc(Cl)c1)c1ccccc1)C1CC1. The first-order chi connectivity index (χ1) is 11.5. The molecule has 1 fully saturated rings. The average Bonchev–Trinajstić information content (AvgIpc) is 3.37. The third-order valence-electron chi connectivity index (χ3n) is 3.62. The van der Waals surface area contributed by atoms with Crippen molar-refractivity contribution in [2.75, 3.05) is 5.32 Å². The first-order valence-corrected chi connectivity index (χ1v) is 8.31. The van der Waals surface area contributed by atoms with Crippen LogP contribution in [-0.4, -0.2) is 11.9 Å². The van der Waals surface area contributed by atoms with Gasteiger partial charge < -0.3 is 10.1 Å². The third-order valence-corrected chi connectivity index (χ3v) is 4.05. The summed E-state index contributed by atoms with van der Waals surface area (Å²) in [6.07, 6.45) is 0.606. The predicted octanol–water partition coefficient (Wildman–Crippen LogP) is 4.63. The lowest BCUT2D eigenvalue weighted by atomic mass is 10.1. The summed E-state index contributed by atoms with van der Waals surface area (Å²) >= 11 is 11.9. The van der Waals surface area contributed by atoms with E-state index in [0.717, 1.165) is 12.8 Å². The molecule has 0 spiro atoms. The maximum atomic E-state index is 12.6. The second kappa shape index (κ2) is 7.24. The number of rotatable bonds is 5. The van der Waals surface area contributed by atoms with E-state index in [9.17, 15) is 9.59 Å². The van der Waals surface area contributed by atoms with Gasteiger partial charge >= 0.3 is 5.97 Å². The van der Waals surface area contributed by atoms with Crippen molar-refractivity contribution in [3.8, 4) is 0 Å². The predicted molar refractivity (Wildman–Crippen MR) is 93.1 cm³/mol. The lowest BCUT2D eigenvalue weighted by Gasteiger charge is -2.18. The van der Waals surface area contributed by atoms with Crippen molar-refractivity contribution in [3.63, 3.8) is 0 Å². The molecule has 0 aliphatic heterocycles. The molecule has 0 radical (unpaired) electrons. The molecule has 0 heterocycles. The molecule has 4 nitrogen and oxygen atoms in total. The molecular formula is C18H15Cl2NO3. The Hall–Kier alpha value is -2.04. The smallest absolute Gasteiger partial charge is 0.310 e. The number of hydrogen-bond donors (Lipinski definition) is 1. The summed E-state index contributed by atoms with van der Waals surface area (Å²) in [5, 5.41) is 3.51. The number of benzene rings is 2. The number of halogens is 2. The summed E-state index contributed by atoms with van der Waals surface area (Å²) < 4.78 is 5.44. The van der Waals surface area contributed by atoms with Crippen LogP contribution in [0.15, 0.2) is 48.5 Å². The van der Waals surface area contributed by atoms with E-state index in [4.69, 9.17) is 27.9 Å². The van der Waals surface area contributed by atoms with Crippen LogP contribution in [0.25, 0.3) is 0 Å². The van der Waals surface area contributed by atoms with Crippen LogP contribution in [0, 0.1) is 5.92 Å². The number of amides is 1. The molecule has 3 rings (SSSR count). The molecule has 0 unspecified atom stereocenters. The summed E-state index contributed by atoms with van der Waals surface area (Å²) in [6.45, 7) is 0. The Bertz CT molecular complexity index is 740. The molecule has 0 saturated heterocycles. The van der Waals surface area contributed by atoms with Crippen molar-refractivity contribution in [1.29, 1.82) is 0 Å². The van der Waals surface area contributed by atoms with Gasteiger partial charge in [-0.1, -0.05) is 53.5 Å². The van der Waals surface area contributed by atoms with E-state index < -0.39 is 12.0 Å². The normalized spacial score (nSPS) is 14.8. The van der Waals surface area contributed by atoms with Gasteiger partial charge in [0, 0.05) is 21.3 Å². The highest BCUT2D eigenvalue weighted by Gasteiger charge is 2.35. The highest BCUT2D eigenvalue weighted by Crippen LogP contribution is 2.33. The summed E-state index contributed by atoms with van der Waals surface area (Å²) in [5.41, 5.74) is 1.05. The average molecular weight is 364 g/mol. The van der Waals surface area contributed by atoms with E-state index in [0.29, 0.717) is 21.3 Å². The van der Waals surface area contributed by atoms with E-state index in [-0.39, 0.29) is 11.9 Å². The van der Waals surface area contributed by atoms with E-state index >= 15 is 0 Å². The van der Waals surface area contributed by atoms with Gasteiger partial charge in [-0.3, -0.25) is 9.59 Å². The van der Waals surface area contributed by atoms with Gasteiger partial charge in [0.2, 0.25) is 6.10 Å². The van der Waals surface area contributed by atoms with Crippen molar-refractivity contribution < 1.29 is 14.3 Å². The number of carbonyl (C=O) groups is 2. The van der Waals surface area contributed by atoms with E-state index in [1.165, 1.54) is 0 Å². The lowest BCUT2D eigenvalue weighted by molar-refractivity contribution is -0.156. The highest BCUT2D eigenvalue weighted by molar-refractivity contribution is 6.35. The quantitative estimate of drug-likeness (QED) is 0.788. The lowest BCUT2D eigenvalue weighted by Crippen LogP contribution is -2.26. The zero-order valence-corrected chi connectivity index (χ0v) is 14.2. The Labute approximate surface area is 149 Å². The molecule has 1 aliphatic carbocycles. The molecule has 6 heteroatoms. The first-order valence-electron chi connectivity index (χ1n) is 7.55. The molecule has 124 valence electrons. The zero-order chi connectivity index (χ0) is 17.1. The fourth-order valence-electron chi connectivity index (χ4n) is 2.27. The van der Waals surface area contributed by atoms with Crippen molar-refractivity contribution in [2.45, 2.75) is 18.9 Å². The van der Waals surface area contributed by atoms with E-state index in [2.05, 4.69) is 5.32 Å². The van der Waals surface area contributed by atoms with Crippen LogP contribution in [-0.2, 0) is 14.3 Å². The molecule has 0 aromatic heterocycles. The second-order valence-corrected chi connectivity index (χ2v) is 6.52. The van der Waals surface area contributed by atoms with Crippen LogP contribution < -0.4 is 5.32 Å². The van der Waals surface area contributed by atoms with Crippen molar-refractivity contribution >= 4 is 40.8 Å². The first kappa shape index (κ1) is 16.8. The van der Waals surface area contributed by atoms with E-state index in [1.807, 2.05) is 6.07 Å². The number of hydrogen-bond acceptors (Lipinski definition) is 3. The zero-order valence-electron chi connectivity index (χ0n) is 12.7. The van der Waals surface area contributed by atoms with Crippen LogP contribution in [0.3, 0.4) is 0 Å². The number of nitrogens with one attached hydrogen (secondary N) is 1. The van der Waals surface area contributed by atoms with Gasteiger partial charge in [-0.15, -0.1) is 0 Å². The fourth-order valence-corrected chi connectivity index (χ4v) is 2.79. The van der Waals surface area contributed by atoms with Crippen molar-refractivity contribution in [1.82, 2.24) is 0 Å². The molecular weight excluding hydrogens is 349 g/mol. The largest absolute Gasteiger partial charge is 0.447 e. The van der Waals surface area contributed by atoms with Gasteiger partial charge in [-0.25, -0.2) is 0 Å². The molecule has 0 bridgehead atoms. The summed E-state index contributed by atoms with van der Waals surface area (Å²) in [6, 6.07) is 13.6. The maximum absolute atomic E-state index is 12.6. The minimum atomic E-state index is -1.02. The van der Waals surface area contributed by atoms with Crippen LogP contribution in [0.2, 0.25) is 10.0 Å². The highest BCUT2D eigenvalue weighted by atomic mass is 35.5. The Morgan fingerprint density at radius 3 is 2.25 bits per heavy atom. The van der Waals surface area contributed by atoms with Crippen molar-refractivity contribution in [3.05, 3.63) is 64.1 Å². The third kappa shape index (κ3) is 4.28. The van der Waals surface area contributed by atoms with Crippen molar-refractivity contribution in [2.24, 2.45) is 5.92 Å². The van der Waals surface area contributed by atoms with Gasteiger partial charge in [-0.2, -0.15) is 0 Å². The standard InChI is InChI=1S/C18H15Cl2NO3/c19-13-8-14(20)10-15(9-13)21-17(22)16(11-4-2-1-3-5-11)24-18(23)12-6-7-12/h1-5,8-10,12,16H,6-7H2,(H,21,22)/t16-/m1/s1. The van der Waals surface area contributed by atoms with Gasteiger partial charge in [0.1, 0.15) is 0 Å². The van der Waals surface area contributed by atoms with Gasteiger partial charge in [-0.05, 0) is 31.0 Å². The van der Waals surface area contributed by atoms with Gasteiger partial charge in [0.25, 0.3) is 5.91 Å². The topological polar surface area (TPSA) is 55.4 Å². The minimum Gasteiger partial charge on any atom is -0.447 e. The molecule has 24 heavy (non-hydrogen) atoms. The minimum absolute atomic E-state index is 0.0929. The molecule has 1 saturated carbocycles. The maximum Gasteiger partial charge on any atom is 0.310 e. The monoisotopic (exact) mass is 363 g/mol. The number of carbonyl (C=O) groups excluding carboxylic acids is 2. The fraction of sp³-hybridized carbons (Fsp3) is 0.222. The molecule has 1 amide bonds. The Kier molecular flexibility index (Phi) is 5.07. The number of ether oxygens (including phenoxy) is 1. The van der Waals surface area contributed by atoms with E-state index in [1.54, 1.807) is 42.5 Å². The van der Waals surface area contributed by atoms with Crippen LogP contribution >= 0.6 is 23.2 Å². The van der Waals surface area contributed by atoms with Crippen LogP contribution in [0.5, 0.6) is 0 Å². The molecule has 2 aromatic rings. The molecule has 1 aliphatic rings. The van der Waals surface area contributed by atoms with Gasteiger partial charge in [0.15, 0.2) is 0 Å². The van der Waals surface area contributed by atoms with Gasteiger partial charge in [0.05, 0.1) is 5.92 Å². The Morgan fingerprint density at radius 1 is 1.04 bits per heavy atom. The second-order valence-electron chi connectivity index (χ2n) is 5.65. The van der Waals surface area contributed by atoms with Crippen LogP contribution in [0.1, 0.15) is 24.5 Å². The summed E-state index contributed by atoms with van der Waals surface area (Å²) in [5.74, 6) is -0.888. The summed E-state index contributed by atoms with van der Waals surface area (Å²) in [7, 11) is 0. The number of anilines is 1. The Balaban J connectivity index is 1.81. The molecule has 1 N–H and O–H groups in total. The summed E-state index contributed by atoms with van der Waals surface area (Å²) in [4.78, 5) is 24.6. The molecule has 2 aromatic carbocycles. The molecule has 1 atom stereocenters. The number of esters is 1. The van der Waals surface area contributed by atoms with Crippen LogP contribution in [0.4, 0.5) is 5.69 Å².